The van der Waals surface area contributed by atoms with Gasteiger partial charge in [0.2, 0.25) is 0 Å². The van der Waals surface area contributed by atoms with E-state index in [4.69, 9.17) is 0 Å². The van der Waals surface area contributed by atoms with Crippen LogP contribution in [0.25, 0.3) is 33.5 Å². The molecule has 0 unspecified atom stereocenters. The zero-order chi connectivity index (χ0) is 49.3. The summed E-state index contributed by atoms with van der Waals surface area (Å²) in [5.74, 6) is 1.95. The number of fused-ring (bicyclic) bond motifs is 2. The monoisotopic (exact) mass is 895 g/mol. The highest BCUT2D eigenvalue weighted by Gasteiger charge is 2.14. The molecule has 1 N–H and O–H groups in total. The van der Waals surface area contributed by atoms with Gasteiger partial charge in [-0.05, 0) is 148 Å². The molecule has 10 heteroatoms. The smallest absolute Gasteiger partial charge is 0.160 e. The van der Waals surface area contributed by atoms with Gasteiger partial charge in [-0.15, -0.1) is 20.4 Å². The number of hydrogen-bond donors (Lipinski definition) is 1. The Hall–Kier alpha value is -6.08. The lowest BCUT2D eigenvalue weighted by atomic mass is 9.93. The first-order chi connectivity index (χ1) is 32.0. The Bertz CT molecular complexity index is 2600. The first kappa shape index (κ1) is 56.1. The van der Waals surface area contributed by atoms with Crippen LogP contribution in [0, 0.1) is 25.2 Å². The fourth-order valence-electron chi connectivity index (χ4n) is 7.81. The number of aliphatic imine (C=N–C) groups is 1. The van der Waals surface area contributed by atoms with Crippen molar-refractivity contribution in [3.63, 3.8) is 0 Å². The second-order valence-electron chi connectivity index (χ2n) is 15.8. The van der Waals surface area contributed by atoms with E-state index in [1.807, 2.05) is 66.8 Å². The number of hydrogen-bond acceptors (Lipinski definition) is 6. The maximum atomic E-state index is 9.40. The van der Waals surface area contributed by atoms with Crippen LogP contribution in [0.15, 0.2) is 89.2 Å². The Morgan fingerprint density at radius 1 is 0.667 bits per heavy atom. The van der Waals surface area contributed by atoms with E-state index in [1.54, 1.807) is 0 Å². The number of nitrogens with one attached hydrogen (secondary N) is 1. The van der Waals surface area contributed by atoms with E-state index in [2.05, 4.69) is 174 Å². The Morgan fingerprint density at radius 2 is 1.17 bits per heavy atom. The van der Waals surface area contributed by atoms with E-state index in [0.717, 1.165) is 91.1 Å². The molecule has 5 heterocycles. The van der Waals surface area contributed by atoms with Crippen LogP contribution in [-0.4, -0.2) is 51.7 Å². The summed E-state index contributed by atoms with van der Waals surface area (Å²) >= 11 is 0. The van der Waals surface area contributed by atoms with Crippen LogP contribution in [0.1, 0.15) is 161 Å². The Morgan fingerprint density at radius 3 is 1.62 bits per heavy atom. The van der Waals surface area contributed by atoms with E-state index < -0.39 is 0 Å². The molecule has 66 heavy (non-hydrogen) atoms. The number of aromatic amines is 1. The average molecular weight is 895 g/mol. The molecule has 5 aromatic heterocycles. The van der Waals surface area contributed by atoms with Crippen LogP contribution < -0.4 is 0 Å². The minimum Gasteiger partial charge on any atom is -0.301 e. The van der Waals surface area contributed by atoms with Crippen molar-refractivity contribution >= 4 is 17.0 Å². The molecule has 0 saturated heterocycles. The van der Waals surface area contributed by atoms with Gasteiger partial charge in [-0.1, -0.05) is 111 Å². The molecule has 0 radical (unpaired) electrons. The minimum atomic E-state index is 0.696. The lowest BCUT2D eigenvalue weighted by Gasteiger charge is -2.18. The maximum absolute atomic E-state index is 9.40. The number of aryl methyl sites for hydroxylation is 7. The topological polar surface area (TPSA) is 117 Å². The number of nitriles is 1. The van der Waals surface area contributed by atoms with Crippen LogP contribution in [0.3, 0.4) is 0 Å². The molecule has 0 amide bonds. The van der Waals surface area contributed by atoms with Crippen molar-refractivity contribution in [3.8, 4) is 28.3 Å². The highest BCUT2D eigenvalue weighted by atomic mass is 15.3. The number of pyridine rings is 2. The second-order valence-corrected chi connectivity index (χ2v) is 15.8. The summed E-state index contributed by atoms with van der Waals surface area (Å²) < 4.78 is 6.29. The number of benzene rings is 2. The molecular weight excluding hydrogens is 813 g/mol. The second kappa shape index (κ2) is 29.5. The molecule has 356 valence electrons. The molecule has 0 saturated carbocycles. The van der Waals surface area contributed by atoms with E-state index in [1.165, 1.54) is 56.8 Å². The summed E-state index contributed by atoms with van der Waals surface area (Å²) in [5.41, 5.74) is 17.6. The van der Waals surface area contributed by atoms with Crippen molar-refractivity contribution in [2.24, 2.45) is 12.0 Å². The van der Waals surface area contributed by atoms with Crippen molar-refractivity contribution < 1.29 is 0 Å². The van der Waals surface area contributed by atoms with Crippen molar-refractivity contribution in [2.45, 2.75) is 162 Å². The van der Waals surface area contributed by atoms with Gasteiger partial charge < -0.3 is 5.10 Å². The molecular formula is C56H82N10. The number of H-pyrrole nitrogens is 1. The molecule has 0 aliphatic rings. The van der Waals surface area contributed by atoms with Crippen molar-refractivity contribution in [1.82, 2.24) is 39.0 Å². The number of allylic oxidation sites excluding steroid dienone is 2. The molecule has 2 aromatic carbocycles. The van der Waals surface area contributed by atoms with Crippen LogP contribution in [0.5, 0.6) is 0 Å². The van der Waals surface area contributed by atoms with Gasteiger partial charge in [0.1, 0.15) is 11.6 Å². The standard InChI is InChI=1S/C25H29N5.C22H27N5.C3H8.3C2H6/c1-6-24-28-29-25-13-11-21(16-30(24)25)23-12-10-19(15-26)14-20(23)8-7-9-22(17(2)3)18(4)27-5;1-5-21-23-24-22-12-10-18(14-27(21)22)19-11-9-15(2)13-17(19)7-6-8-20-16(3)25-26(20)4;1-3-2;3*1-2/h10-14,16H,6-9H2,1-5H3;9-14,25H,5-8H2,1-4H3;3H2,1-2H3;3*1-2H3. The lowest BCUT2D eigenvalue weighted by molar-refractivity contribution is 0.583. The van der Waals surface area contributed by atoms with E-state index in [9.17, 15) is 5.26 Å². The van der Waals surface area contributed by atoms with Gasteiger partial charge in [-0.2, -0.15) is 5.26 Å². The fourth-order valence-corrected chi connectivity index (χ4v) is 7.81. The van der Waals surface area contributed by atoms with Gasteiger partial charge in [-0.3, -0.25) is 18.5 Å². The quantitative estimate of drug-likeness (QED) is 0.116. The van der Waals surface area contributed by atoms with Crippen LogP contribution in [-0.2, 0) is 39.2 Å². The zero-order valence-electron chi connectivity index (χ0n) is 43.8. The third-order valence-corrected chi connectivity index (χ3v) is 11.0. The zero-order valence-corrected chi connectivity index (χ0v) is 43.8. The summed E-state index contributed by atoms with van der Waals surface area (Å²) in [6, 6.07) is 23.4. The molecule has 0 spiro atoms. The average Bonchev–Trinajstić information content (AvgIpc) is 3.97. The Kier molecular flexibility index (Phi) is 25.0. The third kappa shape index (κ3) is 15.0. The minimum absolute atomic E-state index is 0.696. The first-order valence-electron chi connectivity index (χ1n) is 24.6. The molecule has 7 aromatic rings. The highest BCUT2D eigenvalue weighted by Crippen LogP contribution is 2.29. The molecule has 7 rings (SSSR count). The third-order valence-electron chi connectivity index (χ3n) is 11.0. The fraction of sp³-hybridized carbons (Fsp3) is 0.464. The number of aromatic nitrogens is 8. The van der Waals surface area contributed by atoms with Gasteiger partial charge in [0, 0.05) is 50.7 Å². The van der Waals surface area contributed by atoms with Crippen LogP contribution in [0.4, 0.5) is 0 Å². The predicted molar refractivity (Wildman–Crippen MR) is 282 cm³/mol. The molecule has 10 nitrogen and oxygen atoms in total. The summed E-state index contributed by atoms with van der Waals surface area (Å²) in [7, 11) is 3.93. The van der Waals surface area contributed by atoms with Crippen LogP contribution >= 0.6 is 0 Å². The summed E-state index contributed by atoms with van der Waals surface area (Å²) in [4.78, 5) is 4.37. The van der Waals surface area contributed by atoms with Crippen LogP contribution in [0.2, 0.25) is 0 Å². The highest BCUT2D eigenvalue weighted by molar-refractivity contribution is 5.98. The SMILES string of the molecule is CC.CC.CC.CCC.CCc1nnc2ccc(-c3ccc(C#N)cc3CCCC(C(C)=NC)=C(C)C)cn12.CCc1nnc2ccc(-c3ccc(C)cc3CCCc3c(C)[nH]n3C)cn12. The van der Waals surface area contributed by atoms with Gasteiger partial charge in [0.15, 0.2) is 11.3 Å². The number of rotatable bonds is 13. The molecule has 0 atom stereocenters. The Balaban J connectivity index is 0.000000388. The summed E-state index contributed by atoms with van der Waals surface area (Å²) in [5, 5.41) is 29.7. The van der Waals surface area contributed by atoms with Crippen molar-refractivity contribution in [3.05, 3.63) is 129 Å². The van der Waals surface area contributed by atoms with E-state index >= 15 is 0 Å². The summed E-state index contributed by atoms with van der Waals surface area (Å²) in [6.07, 6.45) is 13.4. The molecule has 0 fully saturated rings. The van der Waals surface area contributed by atoms with Crippen molar-refractivity contribution in [1.29, 1.82) is 5.26 Å². The van der Waals surface area contributed by atoms with Gasteiger partial charge >= 0.3 is 0 Å². The van der Waals surface area contributed by atoms with Crippen molar-refractivity contribution in [2.75, 3.05) is 7.05 Å². The maximum Gasteiger partial charge on any atom is 0.160 e. The predicted octanol–water partition coefficient (Wildman–Crippen LogP) is 14.5. The number of nitrogens with zero attached hydrogens (tertiary/aromatic N) is 9. The lowest BCUT2D eigenvalue weighted by Crippen LogP contribution is -2.16. The van der Waals surface area contributed by atoms with E-state index in [-0.39, 0.29) is 0 Å². The van der Waals surface area contributed by atoms with Gasteiger partial charge in [0.25, 0.3) is 0 Å². The van der Waals surface area contributed by atoms with E-state index in [0.29, 0.717) is 5.56 Å². The largest absolute Gasteiger partial charge is 0.301 e. The Labute approximate surface area is 398 Å². The van der Waals surface area contributed by atoms with Gasteiger partial charge in [-0.25, -0.2) is 0 Å². The normalized spacial score (nSPS) is 10.5. The molecule has 0 aliphatic carbocycles. The van der Waals surface area contributed by atoms with Gasteiger partial charge in [0.05, 0.1) is 17.3 Å². The first-order valence-corrected chi connectivity index (χ1v) is 24.6. The molecule has 0 bridgehead atoms. The molecule has 0 aliphatic heterocycles. The summed E-state index contributed by atoms with van der Waals surface area (Å²) in [6.45, 7) is 31.1.